The minimum absolute atomic E-state index is 0.200. The molecule has 2 heterocycles. The van der Waals surface area contributed by atoms with Crippen molar-refractivity contribution in [2.75, 3.05) is 6.54 Å². The minimum atomic E-state index is 0.200. The van der Waals surface area contributed by atoms with Gasteiger partial charge in [-0.15, -0.1) is 11.3 Å². The lowest BCUT2D eigenvalue weighted by Crippen LogP contribution is -2.35. The molecule has 112 valence electrons. The highest BCUT2D eigenvalue weighted by Crippen LogP contribution is 2.37. The molecule has 2 aromatic rings. The number of para-hydroxylation sites is 1. The van der Waals surface area contributed by atoms with Crippen LogP contribution in [0.15, 0.2) is 30.3 Å². The molecule has 0 saturated carbocycles. The van der Waals surface area contributed by atoms with Crippen LogP contribution in [0.1, 0.15) is 40.3 Å². The first-order chi connectivity index (χ1) is 10.2. The average molecular weight is 301 g/mol. The van der Waals surface area contributed by atoms with Crippen molar-refractivity contribution in [1.82, 2.24) is 5.32 Å². The fraction of sp³-hybridized carbons (Fsp3) is 0.444. The monoisotopic (exact) mass is 301 g/mol. The Morgan fingerprint density at radius 3 is 2.81 bits per heavy atom. The van der Waals surface area contributed by atoms with E-state index in [9.17, 15) is 0 Å². The lowest BCUT2D eigenvalue weighted by Gasteiger charge is -2.24. The standard InChI is InChI=1S/C18H23NOS/c1-4-9-19-17(18-12(2)10-13(3)21-18)16-11-14-7-5-6-8-15(14)20-16/h5-8,10,16-17,19H,4,9,11H2,1-3H3. The maximum absolute atomic E-state index is 6.23. The van der Waals surface area contributed by atoms with Gasteiger partial charge in [-0.3, -0.25) is 0 Å². The number of nitrogens with one attached hydrogen (secondary N) is 1. The van der Waals surface area contributed by atoms with Crippen LogP contribution >= 0.6 is 11.3 Å². The van der Waals surface area contributed by atoms with Gasteiger partial charge >= 0.3 is 0 Å². The van der Waals surface area contributed by atoms with E-state index in [2.05, 4.69) is 56.4 Å². The summed E-state index contributed by atoms with van der Waals surface area (Å²) in [7, 11) is 0. The van der Waals surface area contributed by atoms with Crippen molar-refractivity contribution in [3.05, 3.63) is 51.2 Å². The molecule has 2 atom stereocenters. The maximum atomic E-state index is 6.23. The molecule has 2 unspecified atom stereocenters. The second-order valence-electron chi connectivity index (χ2n) is 5.80. The van der Waals surface area contributed by atoms with Crippen LogP contribution in [0.2, 0.25) is 0 Å². The van der Waals surface area contributed by atoms with Crippen LogP contribution in [-0.2, 0) is 6.42 Å². The summed E-state index contributed by atoms with van der Waals surface area (Å²) in [6.45, 7) is 7.63. The smallest absolute Gasteiger partial charge is 0.123 e. The zero-order valence-corrected chi connectivity index (χ0v) is 13.8. The SMILES string of the molecule is CCCNC(c1sc(C)cc1C)C1Cc2ccccc2O1. The number of fused-ring (bicyclic) bond motifs is 1. The van der Waals surface area contributed by atoms with Gasteiger partial charge in [0.15, 0.2) is 0 Å². The van der Waals surface area contributed by atoms with Crippen molar-refractivity contribution in [2.45, 2.75) is 45.8 Å². The summed E-state index contributed by atoms with van der Waals surface area (Å²) in [5, 5.41) is 3.70. The largest absolute Gasteiger partial charge is 0.488 e. The molecule has 3 heteroatoms. The molecule has 2 nitrogen and oxygen atoms in total. The summed E-state index contributed by atoms with van der Waals surface area (Å²) in [6.07, 6.45) is 2.33. The predicted molar refractivity (Wildman–Crippen MR) is 89.4 cm³/mol. The van der Waals surface area contributed by atoms with E-state index in [4.69, 9.17) is 4.74 Å². The number of rotatable bonds is 5. The number of hydrogen-bond donors (Lipinski definition) is 1. The molecule has 0 saturated heterocycles. The van der Waals surface area contributed by atoms with Gasteiger partial charge in [0.1, 0.15) is 11.9 Å². The molecule has 0 spiro atoms. The van der Waals surface area contributed by atoms with E-state index in [0.717, 1.165) is 25.1 Å². The van der Waals surface area contributed by atoms with Crippen LogP contribution in [-0.4, -0.2) is 12.6 Å². The van der Waals surface area contributed by atoms with E-state index in [1.807, 2.05) is 11.3 Å². The van der Waals surface area contributed by atoms with Crippen LogP contribution in [0.4, 0.5) is 0 Å². The third-order valence-electron chi connectivity index (χ3n) is 4.02. The van der Waals surface area contributed by atoms with Crippen LogP contribution in [0.5, 0.6) is 5.75 Å². The second-order valence-corrected chi connectivity index (χ2v) is 7.09. The quantitative estimate of drug-likeness (QED) is 0.883. The average Bonchev–Trinajstić information content (AvgIpc) is 3.03. The van der Waals surface area contributed by atoms with E-state index in [-0.39, 0.29) is 12.1 Å². The topological polar surface area (TPSA) is 21.3 Å². The van der Waals surface area contributed by atoms with Crippen molar-refractivity contribution < 1.29 is 4.74 Å². The van der Waals surface area contributed by atoms with Gasteiger partial charge in [-0.05, 0) is 50.1 Å². The van der Waals surface area contributed by atoms with E-state index >= 15 is 0 Å². The maximum Gasteiger partial charge on any atom is 0.123 e. The summed E-state index contributed by atoms with van der Waals surface area (Å²) < 4.78 is 6.23. The van der Waals surface area contributed by atoms with Gasteiger partial charge < -0.3 is 10.1 Å². The lowest BCUT2D eigenvalue weighted by molar-refractivity contribution is 0.180. The van der Waals surface area contributed by atoms with Gasteiger partial charge in [-0.25, -0.2) is 0 Å². The Kier molecular flexibility index (Phi) is 4.32. The fourth-order valence-electron chi connectivity index (χ4n) is 3.06. The summed E-state index contributed by atoms with van der Waals surface area (Å²) in [5.41, 5.74) is 2.71. The van der Waals surface area contributed by atoms with E-state index in [1.165, 1.54) is 20.9 Å². The summed E-state index contributed by atoms with van der Waals surface area (Å²) >= 11 is 1.90. The Bertz CT molecular complexity index is 594. The Morgan fingerprint density at radius 1 is 1.33 bits per heavy atom. The normalized spacial score (nSPS) is 18.3. The highest BCUT2D eigenvalue weighted by Gasteiger charge is 2.32. The first-order valence-corrected chi connectivity index (χ1v) is 8.55. The molecule has 0 fully saturated rings. The molecule has 3 rings (SSSR count). The molecule has 0 radical (unpaired) electrons. The van der Waals surface area contributed by atoms with E-state index in [0.29, 0.717) is 0 Å². The van der Waals surface area contributed by atoms with E-state index in [1.54, 1.807) is 0 Å². The van der Waals surface area contributed by atoms with Gasteiger partial charge in [-0.2, -0.15) is 0 Å². The fourth-order valence-corrected chi connectivity index (χ4v) is 4.22. The lowest BCUT2D eigenvalue weighted by atomic mass is 10.0. The van der Waals surface area contributed by atoms with Crippen molar-refractivity contribution in [1.29, 1.82) is 0 Å². The molecular formula is C18H23NOS. The Morgan fingerprint density at radius 2 is 2.14 bits per heavy atom. The Hall–Kier alpha value is -1.32. The highest BCUT2D eigenvalue weighted by molar-refractivity contribution is 7.12. The zero-order chi connectivity index (χ0) is 14.8. The molecule has 0 bridgehead atoms. The van der Waals surface area contributed by atoms with Gasteiger partial charge in [0, 0.05) is 16.2 Å². The van der Waals surface area contributed by atoms with Crippen LogP contribution < -0.4 is 10.1 Å². The van der Waals surface area contributed by atoms with Crippen LogP contribution in [0.25, 0.3) is 0 Å². The molecule has 1 aliphatic heterocycles. The third kappa shape index (κ3) is 2.99. The molecule has 21 heavy (non-hydrogen) atoms. The molecule has 0 aliphatic carbocycles. The number of benzene rings is 1. The summed E-state index contributed by atoms with van der Waals surface area (Å²) in [4.78, 5) is 2.81. The first kappa shape index (κ1) is 14.6. The van der Waals surface area contributed by atoms with Gasteiger partial charge in [-0.1, -0.05) is 25.1 Å². The van der Waals surface area contributed by atoms with Crippen molar-refractivity contribution in [3.63, 3.8) is 0 Å². The third-order valence-corrected chi connectivity index (χ3v) is 5.26. The number of thiophene rings is 1. The number of aryl methyl sites for hydroxylation is 2. The summed E-state index contributed by atoms with van der Waals surface area (Å²) in [6, 6.07) is 11.0. The van der Waals surface area contributed by atoms with Crippen LogP contribution in [0, 0.1) is 13.8 Å². The van der Waals surface area contributed by atoms with Gasteiger partial charge in [0.2, 0.25) is 0 Å². The number of ether oxygens (including phenoxy) is 1. The van der Waals surface area contributed by atoms with Crippen molar-refractivity contribution >= 4 is 11.3 Å². The van der Waals surface area contributed by atoms with Gasteiger partial charge in [0.25, 0.3) is 0 Å². The van der Waals surface area contributed by atoms with E-state index < -0.39 is 0 Å². The highest BCUT2D eigenvalue weighted by atomic mass is 32.1. The molecule has 1 aromatic heterocycles. The molecule has 1 N–H and O–H groups in total. The zero-order valence-electron chi connectivity index (χ0n) is 13.0. The Balaban J connectivity index is 1.86. The van der Waals surface area contributed by atoms with Crippen molar-refractivity contribution in [3.8, 4) is 5.75 Å². The Labute approximate surface area is 131 Å². The second kappa shape index (κ2) is 6.20. The summed E-state index contributed by atoms with van der Waals surface area (Å²) in [5.74, 6) is 1.05. The molecule has 1 aliphatic rings. The predicted octanol–water partition coefficient (Wildman–Crippen LogP) is 4.41. The molecule has 0 amide bonds. The van der Waals surface area contributed by atoms with Crippen LogP contribution in [0.3, 0.4) is 0 Å². The number of hydrogen-bond acceptors (Lipinski definition) is 3. The van der Waals surface area contributed by atoms with Gasteiger partial charge in [0.05, 0.1) is 6.04 Å². The minimum Gasteiger partial charge on any atom is -0.488 e. The first-order valence-electron chi connectivity index (χ1n) is 7.74. The molecule has 1 aromatic carbocycles. The van der Waals surface area contributed by atoms with Crippen molar-refractivity contribution in [2.24, 2.45) is 0 Å². The molecular weight excluding hydrogens is 278 g/mol.